The SMILES string of the molecule is C[C@@H](O)CN1CCN(c2cc(C=N)cc(Nc3nc(NC4CC4)c4ncc(C=N)n4n3)c2Cl)CC1. The Balaban J connectivity index is 1.45. The van der Waals surface area contributed by atoms with Gasteiger partial charge in [0, 0.05) is 51.2 Å². The molecule has 0 spiro atoms. The maximum absolute atomic E-state index is 9.69. The number of piperazine rings is 1. The summed E-state index contributed by atoms with van der Waals surface area (Å²) in [6.07, 6.45) is 5.90. The first kappa shape index (κ1) is 23.5. The predicted octanol–water partition coefficient (Wildman–Crippen LogP) is 2.59. The minimum Gasteiger partial charge on any atom is -0.392 e. The number of aliphatic hydroxyl groups is 1. The zero-order valence-electron chi connectivity index (χ0n) is 19.5. The molecule has 5 N–H and O–H groups in total. The molecule has 0 amide bonds. The molecular weight excluding hydrogens is 468 g/mol. The van der Waals surface area contributed by atoms with E-state index in [1.165, 1.54) is 12.4 Å². The van der Waals surface area contributed by atoms with Crippen LogP contribution in [0, 0.1) is 10.8 Å². The largest absolute Gasteiger partial charge is 0.392 e. The number of imidazole rings is 1. The summed E-state index contributed by atoms with van der Waals surface area (Å²) < 4.78 is 1.59. The van der Waals surface area contributed by atoms with Gasteiger partial charge >= 0.3 is 0 Å². The van der Waals surface area contributed by atoms with Gasteiger partial charge in [-0.3, -0.25) is 4.90 Å². The lowest BCUT2D eigenvalue weighted by Crippen LogP contribution is -2.48. The van der Waals surface area contributed by atoms with Gasteiger partial charge in [-0.1, -0.05) is 11.6 Å². The van der Waals surface area contributed by atoms with Crippen molar-refractivity contribution in [3.63, 3.8) is 0 Å². The number of fused-ring (bicyclic) bond motifs is 1. The number of anilines is 4. The normalized spacial score (nSPS) is 17.4. The highest BCUT2D eigenvalue weighted by atomic mass is 35.5. The summed E-state index contributed by atoms with van der Waals surface area (Å²) in [6.45, 7) is 5.63. The molecule has 1 aliphatic heterocycles. The van der Waals surface area contributed by atoms with Gasteiger partial charge < -0.3 is 31.5 Å². The minimum absolute atomic E-state index is 0.318. The van der Waals surface area contributed by atoms with E-state index in [1.54, 1.807) is 23.7 Å². The molecule has 184 valence electrons. The van der Waals surface area contributed by atoms with E-state index >= 15 is 0 Å². The van der Waals surface area contributed by atoms with Gasteiger partial charge in [-0.05, 0) is 37.5 Å². The van der Waals surface area contributed by atoms with Crippen LogP contribution in [0.5, 0.6) is 0 Å². The Bertz CT molecular complexity index is 1250. The summed E-state index contributed by atoms with van der Waals surface area (Å²) >= 11 is 6.87. The molecule has 11 nitrogen and oxygen atoms in total. The highest BCUT2D eigenvalue weighted by Crippen LogP contribution is 2.36. The number of nitrogens with zero attached hydrogens (tertiary/aromatic N) is 6. The fraction of sp³-hybridized carbons (Fsp3) is 0.435. The third kappa shape index (κ3) is 5.07. The van der Waals surface area contributed by atoms with E-state index in [-0.39, 0.29) is 6.10 Å². The van der Waals surface area contributed by atoms with E-state index in [2.05, 4.69) is 35.5 Å². The standard InChI is InChI=1S/C23H29ClN10O/c1-14(35)13-32-4-6-33(7-5-32)19-9-15(10-25)8-18(20(19)24)29-23-30-21(28-16-2-3-16)22-27-12-17(11-26)34(22)31-23/h8-12,14,16,25-26,35H,2-7,13H2,1H3,(H2,28,29,30,31)/t14-/m1/s1. The summed E-state index contributed by atoms with van der Waals surface area (Å²) in [4.78, 5) is 13.5. The molecule has 35 heavy (non-hydrogen) atoms. The average molecular weight is 497 g/mol. The summed E-state index contributed by atoms with van der Waals surface area (Å²) in [5.41, 5.74) is 3.25. The van der Waals surface area contributed by atoms with Crippen molar-refractivity contribution in [3.8, 4) is 0 Å². The van der Waals surface area contributed by atoms with Crippen molar-refractivity contribution < 1.29 is 5.11 Å². The van der Waals surface area contributed by atoms with E-state index in [0.29, 0.717) is 52.0 Å². The lowest BCUT2D eigenvalue weighted by molar-refractivity contribution is 0.123. The molecule has 1 saturated heterocycles. The average Bonchev–Trinajstić information content (AvgIpc) is 3.56. The van der Waals surface area contributed by atoms with Gasteiger partial charge in [0.05, 0.1) is 28.7 Å². The van der Waals surface area contributed by atoms with Crippen LogP contribution >= 0.6 is 11.6 Å². The van der Waals surface area contributed by atoms with Gasteiger partial charge in [0.1, 0.15) is 5.69 Å². The summed E-state index contributed by atoms with van der Waals surface area (Å²) in [7, 11) is 0. The van der Waals surface area contributed by atoms with Gasteiger partial charge in [0.15, 0.2) is 11.5 Å². The molecule has 12 heteroatoms. The Hall–Kier alpha value is -3.28. The second-order valence-corrected chi connectivity index (χ2v) is 9.45. The third-order valence-electron chi connectivity index (χ3n) is 6.18. The molecule has 3 aromatic rings. The minimum atomic E-state index is -0.359. The maximum Gasteiger partial charge on any atom is 0.247 e. The van der Waals surface area contributed by atoms with Crippen LogP contribution in [-0.4, -0.2) is 86.9 Å². The second kappa shape index (κ2) is 9.76. The second-order valence-electron chi connectivity index (χ2n) is 9.07. The first-order valence-corrected chi connectivity index (χ1v) is 12.1. The number of β-amino-alcohol motifs (C(OH)–C–C–N with tert-alkyl or cyclic N) is 1. The van der Waals surface area contributed by atoms with E-state index in [9.17, 15) is 5.11 Å². The van der Waals surface area contributed by atoms with Crippen molar-refractivity contribution in [1.29, 1.82) is 10.8 Å². The maximum atomic E-state index is 9.69. The van der Waals surface area contributed by atoms with E-state index < -0.39 is 0 Å². The highest BCUT2D eigenvalue weighted by Gasteiger charge is 2.25. The lowest BCUT2D eigenvalue weighted by Gasteiger charge is -2.37. The Kier molecular flexibility index (Phi) is 6.54. The van der Waals surface area contributed by atoms with Crippen LogP contribution in [-0.2, 0) is 0 Å². The van der Waals surface area contributed by atoms with Crippen molar-refractivity contribution in [3.05, 3.63) is 34.6 Å². The molecule has 1 aliphatic carbocycles. The Morgan fingerprint density at radius 2 is 1.97 bits per heavy atom. The summed E-state index contributed by atoms with van der Waals surface area (Å²) in [5, 5.41) is 36.9. The van der Waals surface area contributed by atoms with Crippen LogP contribution in [0.3, 0.4) is 0 Å². The van der Waals surface area contributed by atoms with Crippen molar-refractivity contribution in [1.82, 2.24) is 24.5 Å². The summed E-state index contributed by atoms with van der Waals surface area (Å²) in [5.74, 6) is 0.922. The predicted molar refractivity (Wildman–Crippen MR) is 138 cm³/mol. The topological polar surface area (TPSA) is 142 Å². The van der Waals surface area contributed by atoms with Gasteiger partial charge in [-0.25, -0.2) is 9.50 Å². The smallest absolute Gasteiger partial charge is 0.247 e. The van der Waals surface area contributed by atoms with Gasteiger partial charge in [0.2, 0.25) is 5.95 Å². The number of halogens is 1. The summed E-state index contributed by atoms with van der Waals surface area (Å²) in [6, 6.07) is 4.08. The Labute approximate surface area is 208 Å². The van der Waals surface area contributed by atoms with Crippen LogP contribution < -0.4 is 15.5 Å². The van der Waals surface area contributed by atoms with Gasteiger partial charge in [-0.2, -0.15) is 4.98 Å². The molecule has 1 atom stereocenters. The van der Waals surface area contributed by atoms with Crippen LogP contribution in [0.15, 0.2) is 18.3 Å². The first-order chi connectivity index (χ1) is 16.9. The number of aliphatic hydroxyl groups excluding tert-OH is 1. The lowest BCUT2D eigenvalue weighted by atomic mass is 10.1. The molecular formula is C23H29ClN10O. The van der Waals surface area contributed by atoms with E-state index in [4.69, 9.17) is 22.4 Å². The molecule has 3 heterocycles. The Morgan fingerprint density at radius 3 is 2.63 bits per heavy atom. The number of hydrogen-bond donors (Lipinski definition) is 5. The molecule has 2 fully saturated rings. The van der Waals surface area contributed by atoms with Crippen LogP contribution in [0.2, 0.25) is 5.02 Å². The number of benzene rings is 1. The molecule has 1 aromatic carbocycles. The zero-order valence-corrected chi connectivity index (χ0v) is 20.3. The molecule has 0 bridgehead atoms. The number of nitrogens with one attached hydrogen (secondary N) is 4. The quantitative estimate of drug-likeness (QED) is 0.284. The van der Waals surface area contributed by atoms with E-state index in [0.717, 1.165) is 44.7 Å². The molecule has 1 saturated carbocycles. The highest BCUT2D eigenvalue weighted by molar-refractivity contribution is 6.36. The van der Waals surface area contributed by atoms with Crippen molar-refractivity contribution in [2.75, 3.05) is 48.3 Å². The van der Waals surface area contributed by atoms with Crippen LogP contribution in [0.25, 0.3) is 5.65 Å². The molecule has 0 unspecified atom stereocenters. The van der Waals surface area contributed by atoms with Gasteiger partial charge in [-0.15, -0.1) is 5.10 Å². The monoisotopic (exact) mass is 496 g/mol. The molecule has 0 radical (unpaired) electrons. The fourth-order valence-electron chi connectivity index (χ4n) is 4.27. The van der Waals surface area contributed by atoms with E-state index in [1.807, 2.05) is 6.07 Å². The van der Waals surface area contributed by atoms with Crippen molar-refractivity contribution >= 4 is 52.8 Å². The first-order valence-electron chi connectivity index (χ1n) is 11.7. The van der Waals surface area contributed by atoms with Crippen LogP contribution in [0.4, 0.5) is 23.1 Å². The zero-order chi connectivity index (χ0) is 24.5. The van der Waals surface area contributed by atoms with Crippen molar-refractivity contribution in [2.24, 2.45) is 0 Å². The molecule has 2 aromatic heterocycles. The Morgan fingerprint density at radius 1 is 1.20 bits per heavy atom. The molecule has 2 aliphatic rings. The number of rotatable bonds is 9. The van der Waals surface area contributed by atoms with Crippen LogP contribution in [0.1, 0.15) is 31.0 Å². The van der Waals surface area contributed by atoms with Gasteiger partial charge in [0.25, 0.3) is 0 Å². The number of aromatic nitrogens is 4. The molecule has 5 rings (SSSR count). The fourth-order valence-corrected chi connectivity index (χ4v) is 4.54. The third-order valence-corrected chi connectivity index (χ3v) is 6.58. The number of hydrogen-bond acceptors (Lipinski definition) is 10. The van der Waals surface area contributed by atoms with Crippen molar-refractivity contribution in [2.45, 2.75) is 31.9 Å².